The number of amides is 2. The SMILES string of the molecule is CC(C)(C)C(=O)NCCC(=O)N1CCN(C(c2ccccc2)c2ccccc2)CC1. The number of rotatable bonds is 6. The molecule has 1 saturated heterocycles. The summed E-state index contributed by atoms with van der Waals surface area (Å²) in [6.07, 6.45) is 0.350. The second-order valence-electron chi connectivity index (χ2n) is 8.90. The lowest BCUT2D eigenvalue weighted by molar-refractivity contribution is -0.133. The molecule has 0 aliphatic carbocycles. The monoisotopic (exact) mass is 407 g/mol. The summed E-state index contributed by atoms with van der Waals surface area (Å²) in [5, 5.41) is 2.87. The van der Waals surface area contributed by atoms with Crippen LogP contribution in [0.25, 0.3) is 0 Å². The Labute approximate surface area is 180 Å². The molecule has 1 aliphatic heterocycles. The van der Waals surface area contributed by atoms with E-state index in [9.17, 15) is 9.59 Å². The van der Waals surface area contributed by atoms with Gasteiger partial charge in [0.25, 0.3) is 0 Å². The van der Waals surface area contributed by atoms with Crippen molar-refractivity contribution in [3.05, 3.63) is 71.8 Å². The van der Waals surface area contributed by atoms with Crippen LogP contribution in [0.1, 0.15) is 44.4 Å². The Morgan fingerprint density at radius 2 is 1.37 bits per heavy atom. The van der Waals surface area contributed by atoms with Crippen LogP contribution < -0.4 is 5.32 Å². The van der Waals surface area contributed by atoms with E-state index in [4.69, 9.17) is 0 Å². The molecule has 5 heteroatoms. The van der Waals surface area contributed by atoms with Crippen LogP contribution in [0.4, 0.5) is 0 Å². The summed E-state index contributed by atoms with van der Waals surface area (Å²) >= 11 is 0. The maximum Gasteiger partial charge on any atom is 0.225 e. The number of hydrogen-bond donors (Lipinski definition) is 1. The number of nitrogens with one attached hydrogen (secondary N) is 1. The molecule has 0 radical (unpaired) electrons. The fourth-order valence-electron chi connectivity index (χ4n) is 3.82. The van der Waals surface area contributed by atoms with Crippen LogP contribution in [-0.4, -0.2) is 54.3 Å². The number of benzene rings is 2. The van der Waals surface area contributed by atoms with Crippen molar-refractivity contribution in [2.45, 2.75) is 33.2 Å². The molecule has 2 aromatic rings. The van der Waals surface area contributed by atoms with Crippen LogP contribution in [0.2, 0.25) is 0 Å². The zero-order chi connectivity index (χ0) is 21.6. The molecule has 1 N–H and O–H groups in total. The van der Waals surface area contributed by atoms with Gasteiger partial charge in [0.1, 0.15) is 0 Å². The van der Waals surface area contributed by atoms with Gasteiger partial charge in [-0.15, -0.1) is 0 Å². The molecule has 0 spiro atoms. The standard InChI is InChI=1S/C25H33N3O2/c1-25(2,3)24(30)26-15-14-22(29)27-16-18-28(19-17-27)23(20-10-6-4-7-11-20)21-12-8-5-9-13-21/h4-13,23H,14-19H2,1-3H3,(H,26,30). The fourth-order valence-corrected chi connectivity index (χ4v) is 3.82. The van der Waals surface area contributed by atoms with E-state index in [1.165, 1.54) is 11.1 Å². The highest BCUT2D eigenvalue weighted by molar-refractivity contribution is 5.82. The molecule has 2 aromatic carbocycles. The minimum absolute atomic E-state index is 0.0197. The summed E-state index contributed by atoms with van der Waals surface area (Å²) < 4.78 is 0. The molecular weight excluding hydrogens is 374 g/mol. The van der Waals surface area contributed by atoms with Gasteiger partial charge in [-0.2, -0.15) is 0 Å². The first-order chi connectivity index (χ1) is 14.4. The fraction of sp³-hybridized carbons (Fsp3) is 0.440. The summed E-state index contributed by atoms with van der Waals surface area (Å²) in [6.45, 7) is 9.09. The third kappa shape index (κ3) is 5.70. The second-order valence-corrected chi connectivity index (χ2v) is 8.90. The maximum atomic E-state index is 12.6. The van der Waals surface area contributed by atoms with E-state index in [0.717, 1.165) is 13.1 Å². The predicted octanol–water partition coefficient (Wildman–Crippen LogP) is 3.47. The van der Waals surface area contributed by atoms with Gasteiger partial charge in [0.2, 0.25) is 11.8 Å². The molecular formula is C25H33N3O2. The van der Waals surface area contributed by atoms with Crippen LogP contribution >= 0.6 is 0 Å². The molecule has 30 heavy (non-hydrogen) atoms. The van der Waals surface area contributed by atoms with Crippen LogP contribution in [-0.2, 0) is 9.59 Å². The van der Waals surface area contributed by atoms with Crippen molar-refractivity contribution in [1.82, 2.24) is 15.1 Å². The predicted molar refractivity (Wildman–Crippen MR) is 120 cm³/mol. The first-order valence-corrected chi connectivity index (χ1v) is 10.8. The lowest BCUT2D eigenvalue weighted by Gasteiger charge is -2.40. The van der Waals surface area contributed by atoms with Crippen LogP contribution in [0.15, 0.2) is 60.7 Å². The van der Waals surface area contributed by atoms with E-state index >= 15 is 0 Å². The Morgan fingerprint density at radius 3 is 1.83 bits per heavy atom. The molecule has 2 amide bonds. The molecule has 1 heterocycles. The minimum Gasteiger partial charge on any atom is -0.355 e. The lowest BCUT2D eigenvalue weighted by Crippen LogP contribution is -2.50. The lowest BCUT2D eigenvalue weighted by atomic mass is 9.96. The molecule has 1 fully saturated rings. The topological polar surface area (TPSA) is 52.7 Å². The van der Waals surface area contributed by atoms with Gasteiger partial charge in [-0.3, -0.25) is 14.5 Å². The van der Waals surface area contributed by atoms with Crippen molar-refractivity contribution >= 4 is 11.8 Å². The molecule has 160 valence electrons. The van der Waals surface area contributed by atoms with E-state index in [0.29, 0.717) is 26.1 Å². The summed E-state index contributed by atoms with van der Waals surface area (Å²) in [5.74, 6) is 0.0912. The first kappa shape index (κ1) is 22.0. The number of carbonyl (C=O) groups excluding carboxylic acids is 2. The number of hydrogen-bond acceptors (Lipinski definition) is 3. The van der Waals surface area contributed by atoms with Crippen molar-refractivity contribution in [2.24, 2.45) is 5.41 Å². The van der Waals surface area contributed by atoms with Gasteiger partial charge in [-0.25, -0.2) is 0 Å². The Kier molecular flexibility index (Phi) is 7.27. The van der Waals surface area contributed by atoms with Crippen molar-refractivity contribution in [3.8, 4) is 0 Å². The summed E-state index contributed by atoms with van der Waals surface area (Å²) in [6, 6.07) is 21.3. The third-order valence-corrected chi connectivity index (χ3v) is 5.57. The van der Waals surface area contributed by atoms with E-state index in [1.807, 2.05) is 37.8 Å². The van der Waals surface area contributed by atoms with Crippen LogP contribution in [0, 0.1) is 5.41 Å². The van der Waals surface area contributed by atoms with Gasteiger partial charge < -0.3 is 10.2 Å². The Morgan fingerprint density at radius 1 is 0.867 bits per heavy atom. The Balaban J connectivity index is 1.58. The largest absolute Gasteiger partial charge is 0.355 e. The Hall–Kier alpha value is -2.66. The van der Waals surface area contributed by atoms with Gasteiger partial charge >= 0.3 is 0 Å². The quantitative estimate of drug-likeness (QED) is 0.798. The van der Waals surface area contributed by atoms with Crippen LogP contribution in [0.3, 0.4) is 0 Å². The maximum absolute atomic E-state index is 12.6. The molecule has 3 rings (SSSR count). The zero-order valence-corrected chi connectivity index (χ0v) is 18.3. The molecule has 1 aliphatic rings. The number of piperazine rings is 1. The zero-order valence-electron chi connectivity index (χ0n) is 18.3. The first-order valence-electron chi connectivity index (χ1n) is 10.8. The van der Waals surface area contributed by atoms with E-state index in [2.05, 4.69) is 58.7 Å². The van der Waals surface area contributed by atoms with Crippen molar-refractivity contribution in [3.63, 3.8) is 0 Å². The summed E-state index contributed by atoms with van der Waals surface area (Å²) in [7, 11) is 0. The highest BCUT2D eigenvalue weighted by Gasteiger charge is 2.28. The molecule has 5 nitrogen and oxygen atoms in total. The van der Waals surface area contributed by atoms with E-state index < -0.39 is 5.41 Å². The highest BCUT2D eigenvalue weighted by atomic mass is 16.2. The number of nitrogens with zero attached hydrogens (tertiary/aromatic N) is 2. The van der Waals surface area contributed by atoms with Gasteiger partial charge in [-0.05, 0) is 11.1 Å². The summed E-state index contributed by atoms with van der Waals surface area (Å²) in [5.41, 5.74) is 2.11. The van der Waals surface area contributed by atoms with Crippen LogP contribution in [0.5, 0.6) is 0 Å². The van der Waals surface area contributed by atoms with Crippen molar-refractivity contribution in [1.29, 1.82) is 0 Å². The normalized spacial score (nSPS) is 15.3. The molecule has 0 unspecified atom stereocenters. The van der Waals surface area contributed by atoms with Gasteiger partial charge in [-0.1, -0.05) is 81.4 Å². The molecule has 0 saturated carbocycles. The van der Waals surface area contributed by atoms with Gasteiger partial charge in [0.15, 0.2) is 0 Å². The second kappa shape index (κ2) is 9.90. The van der Waals surface area contributed by atoms with Gasteiger partial charge in [0.05, 0.1) is 6.04 Å². The summed E-state index contributed by atoms with van der Waals surface area (Å²) in [4.78, 5) is 28.9. The van der Waals surface area contributed by atoms with Crippen molar-refractivity contribution < 1.29 is 9.59 Å². The highest BCUT2D eigenvalue weighted by Crippen LogP contribution is 2.29. The molecule has 0 atom stereocenters. The molecule has 0 bridgehead atoms. The van der Waals surface area contributed by atoms with E-state index in [-0.39, 0.29) is 17.9 Å². The van der Waals surface area contributed by atoms with Crippen molar-refractivity contribution in [2.75, 3.05) is 32.7 Å². The average Bonchev–Trinajstić information content (AvgIpc) is 2.75. The van der Waals surface area contributed by atoms with E-state index in [1.54, 1.807) is 0 Å². The number of carbonyl (C=O) groups is 2. The Bertz CT molecular complexity index is 783. The average molecular weight is 408 g/mol. The van der Waals surface area contributed by atoms with Gasteiger partial charge in [0, 0.05) is 44.6 Å². The molecule has 0 aromatic heterocycles. The smallest absolute Gasteiger partial charge is 0.225 e. The third-order valence-electron chi connectivity index (χ3n) is 5.57. The minimum atomic E-state index is -0.432.